The van der Waals surface area contributed by atoms with Crippen LogP contribution in [0.1, 0.15) is 175 Å². The van der Waals surface area contributed by atoms with Gasteiger partial charge in [-0.3, -0.25) is 0 Å². The molecule has 0 aromatic rings. The molecule has 0 aromatic carbocycles. The first-order valence-electron chi connectivity index (χ1n) is 17.6. The van der Waals surface area contributed by atoms with E-state index in [-0.39, 0.29) is 0 Å². The molecule has 0 atom stereocenters. The minimum Gasteiger partial charge on any atom is -0.451 e. The number of hydrogen-bond acceptors (Lipinski definition) is 3. The lowest BCUT2D eigenvalue weighted by molar-refractivity contribution is 0.123. The second-order valence-electron chi connectivity index (χ2n) is 11.4. The van der Waals surface area contributed by atoms with Crippen molar-refractivity contribution < 1.29 is 11.4 Å². The van der Waals surface area contributed by atoms with Crippen LogP contribution in [0.5, 0.6) is 0 Å². The van der Waals surface area contributed by atoms with E-state index in [0.29, 0.717) is 19.8 Å². The van der Waals surface area contributed by atoms with Crippen molar-refractivity contribution in [3.8, 4) is 0 Å². The van der Waals surface area contributed by atoms with E-state index in [1.54, 1.807) is 0 Å². The quantitative estimate of drug-likeness (QED) is 0.0442. The Morgan fingerprint density at radius 1 is 0.325 bits per heavy atom. The van der Waals surface area contributed by atoms with E-state index in [2.05, 4.69) is 57.2 Å². The van der Waals surface area contributed by atoms with Crippen LogP contribution < -0.4 is 0 Å². The van der Waals surface area contributed by atoms with Crippen molar-refractivity contribution in [1.29, 1.82) is 0 Å². The molecule has 0 fully saturated rings. The molecular formula is C36H69AlO3. The lowest BCUT2D eigenvalue weighted by Crippen LogP contribution is -2.27. The topological polar surface area (TPSA) is 27.7 Å². The molecule has 0 rings (SSSR count). The highest BCUT2D eigenvalue weighted by Crippen LogP contribution is 2.11. The minimum atomic E-state index is -2.13. The molecule has 3 nitrogen and oxygen atoms in total. The summed E-state index contributed by atoms with van der Waals surface area (Å²) in [5.74, 6) is 0. The van der Waals surface area contributed by atoms with Gasteiger partial charge in [0.25, 0.3) is 0 Å². The molecule has 0 amide bonds. The first-order chi connectivity index (χ1) is 19.8. The zero-order chi connectivity index (χ0) is 29.0. The zero-order valence-corrected chi connectivity index (χ0v) is 28.5. The van der Waals surface area contributed by atoms with Gasteiger partial charge in [0, 0.05) is 19.8 Å². The third-order valence-corrected chi connectivity index (χ3v) is 8.80. The summed E-state index contributed by atoms with van der Waals surface area (Å²) < 4.78 is 18.1. The van der Waals surface area contributed by atoms with E-state index in [1.165, 1.54) is 135 Å². The van der Waals surface area contributed by atoms with Gasteiger partial charge in [0.05, 0.1) is 0 Å². The van der Waals surface area contributed by atoms with E-state index in [9.17, 15) is 0 Å². The fourth-order valence-electron chi connectivity index (χ4n) is 4.76. The highest BCUT2D eigenvalue weighted by atomic mass is 27.3. The van der Waals surface area contributed by atoms with Crippen LogP contribution in [-0.2, 0) is 11.4 Å². The van der Waals surface area contributed by atoms with Crippen molar-refractivity contribution in [3.05, 3.63) is 36.5 Å². The molecule has 0 aliphatic heterocycles. The van der Waals surface area contributed by atoms with Crippen molar-refractivity contribution in [2.45, 2.75) is 175 Å². The summed E-state index contributed by atoms with van der Waals surface area (Å²) in [6, 6.07) is 0. The predicted molar refractivity (Wildman–Crippen MR) is 179 cm³/mol. The number of rotatable bonds is 33. The molecule has 0 saturated carbocycles. The van der Waals surface area contributed by atoms with Gasteiger partial charge in [-0.1, -0.05) is 173 Å². The molecule has 0 aliphatic rings. The molecule has 0 radical (unpaired) electrons. The fourth-order valence-corrected chi connectivity index (χ4v) is 5.86. The van der Waals surface area contributed by atoms with Crippen LogP contribution in [-0.4, -0.2) is 35.0 Å². The Bertz CT molecular complexity index is 470. The van der Waals surface area contributed by atoms with Gasteiger partial charge < -0.3 is 11.4 Å². The summed E-state index contributed by atoms with van der Waals surface area (Å²) in [6.07, 6.45) is 45.2. The summed E-state index contributed by atoms with van der Waals surface area (Å²) in [6.45, 7) is 8.62. The summed E-state index contributed by atoms with van der Waals surface area (Å²) in [7, 11) is 0. The van der Waals surface area contributed by atoms with Gasteiger partial charge in [0.15, 0.2) is 0 Å². The maximum Gasteiger partial charge on any atom is 0.906 e. The summed E-state index contributed by atoms with van der Waals surface area (Å²) in [5, 5.41) is 0. The number of allylic oxidation sites excluding steroid dienone is 3. The maximum absolute atomic E-state index is 6.04. The van der Waals surface area contributed by atoms with Crippen LogP contribution >= 0.6 is 0 Å². The molecule has 4 heteroatoms. The number of unbranched alkanes of at least 4 members (excludes halogenated alkanes) is 21. The summed E-state index contributed by atoms with van der Waals surface area (Å²) >= 11 is -2.13. The molecular weight excluding hydrogens is 507 g/mol. The number of hydrogen-bond donors (Lipinski definition) is 0. The van der Waals surface area contributed by atoms with Crippen LogP contribution in [0.25, 0.3) is 0 Å². The first kappa shape index (κ1) is 39.6. The predicted octanol–water partition coefficient (Wildman–Crippen LogP) is 12.1. The smallest absolute Gasteiger partial charge is 0.451 e. The molecule has 0 aliphatic carbocycles. The molecule has 0 saturated heterocycles. The second kappa shape index (κ2) is 36.7. The van der Waals surface area contributed by atoms with E-state index in [4.69, 9.17) is 11.4 Å². The van der Waals surface area contributed by atoms with E-state index < -0.39 is 15.1 Å². The van der Waals surface area contributed by atoms with E-state index in [0.717, 1.165) is 19.3 Å². The molecule has 0 heterocycles. The van der Waals surface area contributed by atoms with Gasteiger partial charge >= 0.3 is 15.1 Å². The standard InChI is InChI=1S/3C12H23O.Al/c3*1-2-3-4-5-6-7-8-9-10-11-12-13;/h3*10-11H,2-9,12H2,1H3;/q3*-1;+3. The van der Waals surface area contributed by atoms with Crippen molar-refractivity contribution in [2.24, 2.45) is 0 Å². The Kier molecular flexibility index (Phi) is 36.3. The average Bonchev–Trinajstić information content (AvgIpc) is 2.97. The van der Waals surface area contributed by atoms with Gasteiger partial charge in [0.2, 0.25) is 0 Å². The third kappa shape index (κ3) is 33.8. The zero-order valence-electron chi connectivity index (χ0n) is 27.4. The van der Waals surface area contributed by atoms with Gasteiger partial charge in [-0.25, -0.2) is 0 Å². The average molecular weight is 577 g/mol. The Morgan fingerprint density at radius 2 is 0.575 bits per heavy atom. The van der Waals surface area contributed by atoms with Crippen LogP contribution in [0.15, 0.2) is 36.5 Å². The monoisotopic (exact) mass is 577 g/mol. The van der Waals surface area contributed by atoms with Crippen LogP contribution in [0.3, 0.4) is 0 Å². The second-order valence-corrected chi connectivity index (χ2v) is 13.0. The van der Waals surface area contributed by atoms with E-state index >= 15 is 0 Å². The largest absolute Gasteiger partial charge is 0.906 e. The van der Waals surface area contributed by atoms with Gasteiger partial charge in [-0.15, -0.1) is 0 Å². The first-order valence-corrected chi connectivity index (χ1v) is 19.1. The summed E-state index contributed by atoms with van der Waals surface area (Å²) in [5.41, 5.74) is 0. The molecule has 0 unspecified atom stereocenters. The van der Waals surface area contributed by atoms with Crippen LogP contribution in [0, 0.1) is 0 Å². The molecule has 234 valence electrons. The SMILES string of the molecule is CCCCCCCCCC=CC[O][Al]([O]CC=CCCCCCCCCC)[O]CC=CCCCCCCCCC. The summed E-state index contributed by atoms with van der Waals surface area (Å²) in [4.78, 5) is 0. The Balaban J connectivity index is 4.11. The minimum absolute atomic E-state index is 0.594. The highest BCUT2D eigenvalue weighted by Gasteiger charge is 2.29. The van der Waals surface area contributed by atoms with Crippen molar-refractivity contribution in [2.75, 3.05) is 19.8 Å². The molecule has 0 spiro atoms. The Labute approximate surface area is 257 Å². The Hall–Kier alpha value is -0.368. The van der Waals surface area contributed by atoms with Crippen molar-refractivity contribution >= 4 is 15.1 Å². The molecule has 0 aromatic heterocycles. The fraction of sp³-hybridized carbons (Fsp3) is 0.833. The molecule has 0 N–H and O–H groups in total. The Morgan fingerprint density at radius 3 is 0.850 bits per heavy atom. The lowest BCUT2D eigenvalue weighted by atomic mass is 10.1. The third-order valence-electron chi connectivity index (χ3n) is 7.41. The normalized spacial score (nSPS) is 12.1. The van der Waals surface area contributed by atoms with Gasteiger partial charge in [-0.05, 0) is 38.5 Å². The lowest BCUT2D eigenvalue weighted by Gasteiger charge is -2.10. The van der Waals surface area contributed by atoms with Gasteiger partial charge in [-0.2, -0.15) is 0 Å². The van der Waals surface area contributed by atoms with Crippen LogP contribution in [0.2, 0.25) is 0 Å². The van der Waals surface area contributed by atoms with Crippen molar-refractivity contribution in [1.82, 2.24) is 0 Å². The van der Waals surface area contributed by atoms with Crippen molar-refractivity contribution in [3.63, 3.8) is 0 Å². The maximum atomic E-state index is 6.04. The highest BCUT2D eigenvalue weighted by molar-refractivity contribution is 6.36. The van der Waals surface area contributed by atoms with E-state index in [1.807, 2.05) is 0 Å². The molecule has 40 heavy (non-hydrogen) atoms. The van der Waals surface area contributed by atoms with Gasteiger partial charge in [0.1, 0.15) is 0 Å². The molecule has 0 bridgehead atoms. The van der Waals surface area contributed by atoms with Crippen LogP contribution in [0.4, 0.5) is 0 Å².